The zero-order chi connectivity index (χ0) is 30.1. The van der Waals surface area contributed by atoms with Gasteiger partial charge in [0.15, 0.2) is 4.80 Å². The molecule has 1 amide bonds. The molecule has 0 bridgehead atoms. The molecule has 8 nitrogen and oxygen atoms in total. The van der Waals surface area contributed by atoms with Crippen LogP contribution in [0, 0.1) is 5.82 Å². The molecular weight excluding hydrogens is 569 g/mol. The lowest BCUT2D eigenvalue weighted by molar-refractivity contribution is -0.113. The highest BCUT2D eigenvalue weighted by Crippen LogP contribution is 2.31. The Balaban J connectivity index is 1.44. The Hall–Kier alpha value is -5.35. The van der Waals surface area contributed by atoms with E-state index in [1.807, 2.05) is 6.07 Å². The Bertz CT molecular complexity index is 2070. The Morgan fingerprint density at radius 3 is 2.47 bits per heavy atom. The predicted octanol–water partition coefficient (Wildman–Crippen LogP) is 5.06. The fourth-order valence-electron chi connectivity index (χ4n) is 4.98. The first-order valence-electron chi connectivity index (χ1n) is 13.3. The Kier molecular flexibility index (Phi) is 7.43. The number of hydrogen-bond donors (Lipinski definition) is 1. The van der Waals surface area contributed by atoms with Crippen LogP contribution in [0.2, 0.25) is 0 Å². The summed E-state index contributed by atoms with van der Waals surface area (Å²) in [6.07, 6.45) is 1.60. The number of carbonyl (C=O) groups is 2. The number of allylic oxidation sites excluding steroid dienone is 1. The van der Waals surface area contributed by atoms with Gasteiger partial charge in [-0.15, -0.1) is 0 Å². The molecule has 0 unspecified atom stereocenters. The van der Waals surface area contributed by atoms with Crippen LogP contribution >= 0.6 is 11.3 Å². The number of esters is 1. The minimum atomic E-state index is -0.846. The van der Waals surface area contributed by atoms with Crippen molar-refractivity contribution in [3.8, 4) is 11.3 Å². The molecule has 0 saturated carbocycles. The van der Waals surface area contributed by atoms with Gasteiger partial charge in [0.1, 0.15) is 17.3 Å². The van der Waals surface area contributed by atoms with Gasteiger partial charge in [-0.3, -0.25) is 14.2 Å². The number of anilines is 1. The minimum absolute atomic E-state index is 0.272. The van der Waals surface area contributed by atoms with Crippen molar-refractivity contribution < 1.29 is 23.1 Å². The highest BCUT2D eigenvalue weighted by Gasteiger charge is 2.32. The lowest BCUT2D eigenvalue weighted by Gasteiger charge is -2.25. The number of furan rings is 1. The third-order valence-corrected chi connectivity index (χ3v) is 7.96. The number of nitrogens with one attached hydrogen (secondary N) is 1. The number of amides is 1. The lowest BCUT2D eigenvalue weighted by atomic mass is 9.95. The molecule has 6 rings (SSSR count). The molecule has 5 aromatic rings. The molecule has 0 spiro atoms. The van der Waals surface area contributed by atoms with Crippen molar-refractivity contribution in [2.24, 2.45) is 4.99 Å². The Morgan fingerprint density at radius 1 is 1.00 bits per heavy atom. The van der Waals surface area contributed by atoms with E-state index in [2.05, 4.69) is 10.3 Å². The van der Waals surface area contributed by atoms with Crippen LogP contribution in [0.1, 0.15) is 34.6 Å². The number of carbonyl (C=O) groups excluding carboxylic acids is 2. The van der Waals surface area contributed by atoms with Crippen molar-refractivity contribution in [2.75, 3.05) is 12.4 Å². The van der Waals surface area contributed by atoms with Crippen LogP contribution in [0.3, 0.4) is 0 Å². The fourth-order valence-corrected chi connectivity index (χ4v) is 6.01. The van der Waals surface area contributed by atoms with E-state index in [0.29, 0.717) is 48.9 Å². The van der Waals surface area contributed by atoms with Crippen LogP contribution in [0.5, 0.6) is 0 Å². The zero-order valence-corrected chi connectivity index (χ0v) is 23.9. The first kappa shape index (κ1) is 27.8. The quantitative estimate of drug-likeness (QED) is 0.277. The van der Waals surface area contributed by atoms with Crippen molar-refractivity contribution in [3.05, 3.63) is 145 Å². The van der Waals surface area contributed by atoms with Gasteiger partial charge in [0.2, 0.25) is 0 Å². The monoisotopic (exact) mass is 593 g/mol. The second kappa shape index (κ2) is 11.5. The first-order chi connectivity index (χ1) is 20.8. The Morgan fingerprint density at radius 2 is 1.72 bits per heavy atom. The maximum absolute atomic E-state index is 13.9. The number of aromatic nitrogens is 1. The maximum atomic E-state index is 13.9. The number of hydrogen-bond acceptors (Lipinski definition) is 7. The van der Waals surface area contributed by atoms with Crippen LogP contribution in [0.4, 0.5) is 10.1 Å². The van der Waals surface area contributed by atoms with Gasteiger partial charge < -0.3 is 14.5 Å². The molecule has 0 fully saturated rings. The third kappa shape index (κ3) is 5.35. The molecule has 214 valence electrons. The molecule has 1 aliphatic rings. The summed E-state index contributed by atoms with van der Waals surface area (Å²) >= 11 is 1.15. The van der Waals surface area contributed by atoms with Crippen molar-refractivity contribution in [3.63, 3.8) is 0 Å². The van der Waals surface area contributed by atoms with Crippen LogP contribution < -0.4 is 20.2 Å². The first-order valence-corrected chi connectivity index (χ1v) is 14.1. The standard InChI is InChI=1S/C33H24FN3O5S/c1-19-28(30(38)36-22-8-4-3-5-9-22)29(20-12-14-21(34)15-13-20)37-31(39)27(43-33(37)35-19)18-23-16-17-26(42-23)24-10-6-7-11-25(24)32(40)41-2/h3-18,29H,1-2H3,(H,36,38)/b27-18+/t29-/m1/s1. The van der Waals surface area contributed by atoms with Crippen molar-refractivity contribution in [1.82, 2.24) is 4.57 Å². The summed E-state index contributed by atoms with van der Waals surface area (Å²) in [5.41, 5.74) is 2.37. The number of methoxy groups -OCH3 is 1. The predicted molar refractivity (Wildman–Crippen MR) is 161 cm³/mol. The van der Waals surface area contributed by atoms with E-state index in [-0.39, 0.29) is 11.1 Å². The minimum Gasteiger partial charge on any atom is -0.465 e. The van der Waals surface area contributed by atoms with Gasteiger partial charge in [0, 0.05) is 17.3 Å². The maximum Gasteiger partial charge on any atom is 0.338 e. The van der Waals surface area contributed by atoms with E-state index in [1.165, 1.54) is 23.8 Å². The number of halogens is 1. The molecule has 0 radical (unpaired) electrons. The molecule has 2 aromatic heterocycles. The zero-order valence-electron chi connectivity index (χ0n) is 23.0. The molecule has 1 aliphatic heterocycles. The van der Waals surface area contributed by atoms with E-state index in [0.717, 1.165) is 11.3 Å². The number of rotatable bonds is 6. The summed E-state index contributed by atoms with van der Waals surface area (Å²) in [5.74, 6) is -0.536. The molecule has 0 aliphatic carbocycles. The van der Waals surface area contributed by atoms with Gasteiger partial charge in [-0.05, 0) is 55.0 Å². The second-order valence-corrected chi connectivity index (χ2v) is 10.7. The summed E-state index contributed by atoms with van der Waals surface area (Å²) in [5, 5.41) is 2.89. The van der Waals surface area contributed by atoms with E-state index < -0.39 is 23.7 Å². The molecule has 1 atom stereocenters. The molecule has 10 heteroatoms. The summed E-state index contributed by atoms with van der Waals surface area (Å²) in [6, 6.07) is 24.1. The van der Waals surface area contributed by atoms with Gasteiger partial charge in [-0.25, -0.2) is 14.2 Å². The lowest BCUT2D eigenvalue weighted by Crippen LogP contribution is -2.40. The molecule has 3 aromatic carbocycles. The van der Waals surface area contributed by atoms with Crippen LogP contribution in [-0.4, -0.2) is 23.6 Å². The number of para-hydroxylation sites is 1. The third-order valence-electron chi connectivity index (χ3n) is 6.98. The second-order valence-electron chi connectivity index (χ2n) is 9.69. The van der Waals surface area contributed by atoms with E-state index >= 15 is 0 Å². The highest BCUT2D eigenvalue weighted by molar-refractivity contribution is 7.07. The van der Waals surface area contributed by atoms with Gasteiger partial charge in [0.25, 0.3) is 11.5 Å². The van der Waals surface area contributed by atoms with Crippen molar-refractivity contribution in [1.29, 1.82) is 0 Å². The van der Waals surface area contributed by atoms with Gasteiger partial charge in [-0.2, -0.15) is 0 Å². The number of nitrogens with zero attached hydrogens (tertiary/aromatic N) is 2. The van der Waals surface area contributed by atoms with Crippen LogP contribution in [-0.2, 0) is 9.53 Å². The molecule has 43 heavy (non-hydrogen) atoms. The van der Waals surface area contributed by atoms with Crippen LogP contribution in [0.25, 0.3) is 17.4 Å². The topological polar surface area (TPSA) is 103 Å². The number of benzene rings is 3. The summed E-state index contributed by atoms with van der Waals surface area (Å²) in [6.45, 7) is 1.71. The average molecular weight is 594 g/mol. The number of fused-ring (bicyclic) bond motifs is 1. The molecular formula is C33H24FN3O5S. The van der Waals surface area contributed by atoms with E-state index in [1.54, 1.807) is 85.8 Å². The van der Waals surface area contributed by atoms with E-state index in [9.17, 15) is 18.8 Å². The molecule has 1 N–H and O–H groups in total. The number of thiazole rings is 1. The number of ether oxygens (including phenoxy) is 1. The average Bonchev–Trinajstić information content (AvgIpc) is 3.61. The molecule has 0 saturated heterocycles. The Labute approximate surface area is 248 Å². The van der Waals surface area contributed by atoms with Crippen molar-refractivity contribution >= 4 is 35.0 Å². The van der Waals surface area contributed by atoms with Crippen molar-refractivity contribution in [2.45, 2.75) is 13.0 Å². The van der Waals surface area contributed by atoms with E-state index in [4.69, 9.17) is 9.15 Å². The summed E-state index contributed by atoms with van der Waals surface area (Å²) in [4.78, 5) is 44.8. The largest absolute Gasteiger partial charge is 0.465 e. The van der Waals surface area contributed by atoms with Gasteiger partial charge in [-0.1, -0.05) is 59.9 Å². The fraction of sp³-hybridized carbons (Fsp3) is 0.0909. The highest BCUT2D eigenvalue weighted by atomic mass is 32.1. The smallest absolute Gasteiger partial charge is 0.338 e. The van der Waals surface area contributed by atoms with Gasteiger partial charge in [0.05, 0.1) is 34.5 Å². The van der Waals surface area contributed by atoms with Crippen LogP contribution in [0.15, 0.2) is 116 Å². The summed E-state index contributed by atoms with van der Waals surface area (Å²) in [7, 11) is 1.31. The normalized spacial score (nSPS) is 14.7. The molecule has 3 heterocycles. The van der Waals surface area contributed by atoms with Gasteiger partial charge >= 0.3 is 5.97 Å². The SMILES string of the molecule is COC(=O)c1ccccc1-c1ccc(/C=c2/sc3n(c2=O)[C@H](c2ccc(F)cc2)C(C(=O)Nc2ccccc2)=C(C)N=3)o1. The summed E-state index contributed by atoms with van der Waals surface area (Å²) < 4.78 is 26.6.